The molecular weight excluding hydrogens is 483 g/mol. The summed E-state index contributed by atoms with van der Waals surface area (Å²) in [6, 6.07) is 21.2. The molecule has 0 amide bonds. The number of nitrogens with one attached hydrogen (secondary N) is 1. The quantitative estimate of drug-likeness (QED) is 0.376. The summed E-state index contributed by atoms with van der Waals surface area (Å²) in [7, 11) is 1.93. The normalized spacial score (nSPS) is 16.2. The van der Waals surface area contributed by atoms with Gasteiger partial charge >= 0.3 is 0 Å². The molecule has 3 heterocycles. The molecule has 6 rings (SSSR count). The van der Waals surface area contributed by atoms with E-state index in [1.54, 1.807) is 17.2 Å². The van der Waals surface area contributed by atoms with E-state index in [-0.39, 0.29) is 6.04 Å². The van der Waals surface area contributed by atoms with Gasteiger partial charge in [-0.05, 0) is 63.5 Å². The molecule has 1 aliphatic heterocycles. The second kappa shape index (κ2) is 8.20. The lowest BCUT2D eigenvalue weighted by molar-refractivity contribution is 0.594. The van der Waals surface area contributed by atoms with Crippen LogP contribution in [0.5, 0.6) is 0 Å². The number of aromatic nitrogens is 6. The van der Waals surface area contributed by atoms with E-state index >= 15 is 0 Å². The Hall–Kier alpha value is -3.72. The van der Waals surface area contributed by atoms with E-state index in [0.29, 0.717) is 16.0 Å². The van der Waals surface area contributed by atoms with E-state index < -0.39 is 5.54 Å². The van der Waals surface area contributed by atoms with Gasteiger partial charge in [0.15, 0.2) is 0 Å². The number of hydrogen-bond acceptors (Lipinski definition) is 6. The fraction of sp³-hybridized carbons (Fsp3) is 0.120. The van der Waals surface area contributed by atoms with Crippen molar-refractivity contribution in [3.8, 4) is 5.69 Å². The van der Waals surface area contributed by atoms with Crippen LogP contribution in [0.4, 0.5) is 5.95 Å². The maximum absolute atomic E-state index is 7.28. The summed E-state index contributed by atoms with van der Waals surface area (Å²) >= 11 is 12.5. The maximum Gasteiger partial charge on any atom is 0.248 e. The highest BCUT2D eigenvalue weighted by molar-refractivity contribution is 6.30. The van der Waals surface area contributed by atoms with Crippen LogP contribution in [-0.4, -0.2) is 29.8 Å². The predicted octanol–water partition coefficient (Wildman–Crippen LogP) is 4.47. The smallest absolute Gasteiger partial charge is 0.248 e. The van der Waals surface area contributed by atoms with Gasteiger partial charge in [0.05, 0.1) is 29.9 Å². The van der Waals surface area contributed by atoms with E-state index in [0.717, 1.165) is 33.6 Å². The minimum atomic E-state index is -0.995. The molecule has 0 spiro atoms. The average molecular weight is 503 g/mol. The van der Waals surface area contributed by atoms with Gasteiger partial charge in [-0.15, -0.1) is 0 Å². The number of imidazole rings is 1. The van der Waals surface area contributed by atoms with Crippen LogP contribution >= 0.6 is 23.2 Å². The van der Waals surface area contributed by atoms with Gasteiger partial charge in [-0.1, -0.05) is 58.6 Å². The van der Waals surface area contributed by atoms with Gasteiger partial charge in [-0.3, -0.25) is 0 Å². The number of tetrazole rings is 1. The number of halogens is 2. The molecule has 0 saturated heterocycles. The van der Waals surface area contributed by atoms with E-state index in [2.05, 4.69) is 31.9 Å². The maximum atomic E-state index is 7.28. The highest BCUT2D eigenvalue weighted by Gasteiger charge is 2.37. The molecule has 0 saturated carbocycles. The van der Waals surface area contributed by atoms with Crippen LogP contribution < -0.4 is 11.1 Å². The number of nitrogens with zero attached hydrogens (tertiary/aromatic N) is 6. The first-order chi connectivity index (χ1) is 16.9. The van der Waals surface area contributed by atoms with Crippen molar-refractivity contribution in [1.29, 1.82) is 0 Å². The summed E-state index contributed by atoms with van der Waals surface area (Å²) < 4.78 is 3.62. The Kier molecular flexibility index (Phi) is 5.10. The Morgan fingerprint density at radius 2 is 1.77 bits per heavy atom. The van der Waals surface area contributed by atoms with Crippen molar-refractivity contribution in [3.63, 3.8) is 0 Å². The molecule has 174 valence electrons. The fourth-order valence-corrected chi connectivity index (χ4v) is 5.06. The Balaban J connectivity index is 1.59. The van der Waals surface area contributed by atoms with Gasteiger partial charge < -0.3 is 15.6 Å². The zero-order chi connectivity index (χ0) is 24.2. The topological polar surface area (TPSA) is 99.5 Å². The first-order valence-electron chi connectivity index (χ1n) is 10.9. The molecule has 5 aromatic rings. The molecule has 0 radical (unpaired) electrons. The molecule has 2 atom stereocenters. The third-order valence-electron chi connectivity index (χ3n) is 6.47. The second-order valence-corrected chi connectivity index (χ2v) is 9.40. The number of anilines is 1. The summed E-state index contributed by atoms with van der Waals surface area (Å²) in [6.07, 6.45) is 3.54. The van der Waals surface area contributed by atoms with Crippen molar-refractivity contribution in [3.05, 3.63) is 117 Å². The van der Waals surface area contributed by atoms with Crippen LogP contribution in [0, 0.1) is 0 Å². The highest BCUT2D eigenvalue weighted by Crippen LogP contribution is 2.41. The van der Waals surface area contributed by atoms with Crippen LogP contribution in [-0.2, 0) is 12.6 Å². The van der Waals surface area contributed by atoms with Gasteiger partial charge in [-0.2, -0.15) is 4.68 Å². The Labute approximate surface area is 211 Å². The van der Waals surface area contributed by atoms with Crippen molar-refractivity contribution in [2.24, 2.45) is 12.8 Å². The SMILES string of the molecule is Cn1cncc1[C@](N)(c1ccc(Cl)cc1)c1ccc2c(c1)C(c1cccc(Cl)c1)Nc1nnnn1-2. The van der Waals surface area contributed by atoms with Crippen LogP contribution in [0.2, 0.25) is 10.0 Å². The monoisotopic (exact) mass is 502 g/mol. The van der Waals surface area contributed by atoms with Gasteiger partial charge in [0.25, 0.3) is 0 Å². The minimum absolute atomic E-state index is 0.233. The largest absolute Gasteiger partial charge is 0.342 e. The molecule has 8 nitrogen and oxygen atoms in total. The number of fused-ring (bicyclic) bond motifs is 3. The van der Waals surface area contributed by atoms with E-state index in [1.165, 1.54) is 0 Å². The molecule has 0 aliphatic carbocycles. The van der Waals surface area contributed by atoms with Crippen LogP contribution in [0.25, 0.3) is 5.69 Å². The lowest BCUT2D eigenvalue weighted by Crippen LogP contribution is -2.41. The van der Waals surface area contributed by atoms with Gasteiger partial charge in [0.1, 0.15) is 5.54 Å². The second-order valence-electron chi connectivity index (χ2n) is 8.52. The van der Waals surface area contributed by atoms with Gasteiger partial charge in [0.2, 0.25) is 5.95 Å². The van der Waals surface area contributed by atoms with Crippen molar-refractivity contribution in [2.75, 3.05) is 5.32 Å². The molecular formula is C25H20Cl2N8. The first kappa shape index (κ1) is 21.8. The number of benzene rings is 3. The Morgan fingerprint density at radius 1 is 0.971 bits per heavy atom. The standard InChI is InChI=1S/C25H20Cl2N8/c1-34-14-29-13-22(34)25(28,16-5-8-18(26)9-6-16)17-7-10-21-20(12-17)23(15-3-2-4-19(27)11-15)30-24-31-32-33-35(21)24/h2-14,23H,28H2,1H3,(H,30,31,33)/t23?,25-/m0/s1. The summed E-state index contributed by atoms with van der Waals surface area (Å²) in [5.41, 5.74) is 11.7. The lowest BCUT2D eigenvalue weighted by atomic mass is 9.79. The molecule has 0 fully saturated rings. The zero-order valence-corrected chi connectivity index (χ0v) is 20.1. The first-order valence-corrected chi connectivity index (χ1v) is 11.7. The number of rotatable bonds is 4. The molecule has 0 bridgehead atoms. The van der Waals surface area contributed by atoms with Crippen LogP contribution in [0.1, 0.15) is 34.0 Å². The molecule has 1 aliphatic rings. The molecule has 3 N–H and O–H groups in total. The summed E-state index contributed by atoms with van der Waals surface area (Å²) in [6.45, 7) is 0. The minimum Gasteiger partial charge on any atom is -0.342 e. The van der Waals surface area contributed by atoms with Crippen LogP contribution in [0.3, 0.4) is 0 Å². The third-order valence-corrected chi connectivity index (χ3v) is 6.95. The van der Waals surface area contributed by atoms with Crippen molar-refractivity contribution in [2.45, 2.75) is 11.6 Å². The average Bonchev–Trinajstić information content (AvgIpc) is 3.52. The summed E-state index contributed by atoms with van der Waals surface area (Å²) in [5, 5.41) is 16.9. The summed E-state index contributed by atoms with van der Waals surface area (Å²) in [5.74, 6) is 0.554. The molecule has 2 aromatic heterocycles. The van der Waals surface area contributed by atoms with Gasteiger partial charge in [0, 0.05) is 22.7 Å². The van der Waals surface area contributed by atoms with Gasteiger partial charge in [-0.25, -0.2) is 4.98 Å². The van der Waals surface area contributed by atoms with Crippen LogP contribution in [0.15, 0.2) is 79.3 Å². The van der Waals surface area contributed by atoms with E-state index in [1.807, 2.05) is 72.3 Å². The fourth-order valence-electron chi connectivity index (χ4n) is 4.73. The highest BCUT2D eigenvalue weighted by atomic mass is 35.5. The van der Waals surface area contributed by atoms with E-state index in [4.69, 9.17) is 28.9 Å². The molecule has 10 heteroatoms. The predicted molar refractivity (Wildman–Crippen MR) is 135 cm³/mol. The van der Waals surface area contributed by atoms with E-state index in [9.17, 15) is 0 Å². The Morgan fingerprint density at radius 3 is 2.51 bits per heavy atom. The number of aryl methyl sites for hydroxylation is 1. The number of nitrogens with two attached hydrogens (primary N) is 1. The Bertz CT molecular complexity index is 1540. The van der Waals surface area contributed by atoms with Crippen molar-refractivity contribution >= 4 is 29.2 Å². The zero-order valence-electron chi connectivity index (χ0n) is 18.6. The summed E-state index contributed by atoms with van der Waals surface area (Å²) in [4.78, 5) is 4.34. The molecule has 1 unspecified atom stereocenters. The van der Waals surface area contributed by atoms with Crippen molar-refractivity contribution in [1.82, 2.24) is 29.8 Å². The van der Waals surface area contributed by atoms with Crippen molar-refractivity contribution < 1.29 is 0 Å². The number of hydrogen-bond donors (Lipinski definition) is 2. The third kappa shape index (κ3) is 3.49. The molecule has 35 heavy (non-hydrogen) atoms. The lowest BCUT2D eigenvalue weighted by Gasteiger charge is -2.34. The molecule has 3 aromatic carbocycles.